The van der Waals surface area contributed by atoms with Gasteiger partial charge in [0, 0.05) is 6.20 Å². The quantitative estimate of drug-likeness (QED) is 0.556. The summed E-state index contributed by atoms with van der Waals surface area (Å²) >= 11 is 4.94. The molecule has 24 heavy (non-hydrogen) atoms. The Morgan fingerprint density at radius 2 is 2.21 bits per heavy atom. The lowest BCUT2D eigenvalue weighted by atomic mass is 10.0. The Kier molecular flexibility index (Phi) is 5.10. The third kappa shape index (κ3) is 3.42. The molecule has 1 aromatic carbocycles. The number of aromatic nitrogens is 2. The van der Waals surface area contributed by atoms with Crippen molar-refractivity contribution in [3.63, 3.8) is 0 Å². The van der Waals surface area contributed by atoms with Crippen LogP contribution in [0.5, 0.6) is 0 Å². The average molecular weight is 408 g/mol. The van der Waals surface area contributed by atoms with Gasteiger partial charge in [0.05, 0.1) is 22.8 Å². The molecule has 0 bridgehead atoms. The summed E-state index contributed by atoms with van der Waals surface area (Å²) in [5, 5.41) is 0.684. The van der Waals surface area contributed by atoms with Gasteiger partial charge in [-0.05, 0) is 41.6 Å². The summed E-state index contributed by atoms with van der Waals surface area (Å²) < 4.78 is 6.41. The zero-order valence-corrected chi connectivity index (χ0v) is 16.1. The van der Waals surface area contributed by atoms with Gasteiger partial charge in [-0.1, -0.05) is 41.6 Å². The van der Waals surface area contributed by atoms with Gasteiger partial charge in [0.1, 0.15) is 6.10 Å². The minimum Gasteiger partial charge on any atom is -0.439 e. The first-order valence-corrected chi connectivity index (χ1v) is 9.60. The van der Waals surface area contributed by atoms with E-state index in [0.29, 0.717) is 11.7 Å². The van der Waals surface area contributed by atoms with Crippen LogP contribution in [0.2, 0.25) is 0 Å². The second-order valence-corrected chi connectivity index (χ2v) is 7.37. The SMILES string of the molecule is CSc1ncc(Br)c(CN2C(=O)O[C@H](c3cccc(C)c3)[C@@H]2C)n1. The molecule has 5 nitrogen and oxygen atoms in total. The van der Waals surface area contributed by atoms with Crippen molar-refractivity contribution < 1.29 is 9.53 Å². The minimum absolute atomic E-state index is 0.0705. The summed E-state index contributed by atoms with van der Waals surface area (Å²) in [6, 6.07) is 8.00. The fraction of sp³-hybridized carbons (Fsp3) is 0.353. The molecule has 2 heterocycles. The topological polar surface area (TPSA) is 55.3 Å². The van der Waals surface area contributed by atoms with Crippen LogP contribution in [0.4, 0.5) is 4.79 Å². The third-order valence-corrected chi connectivity index (χ3v) is 5.28. The number of amides is 1. The van der Waals surface area contributed by atoms with Gasteiger partial charge in [-0.25, -0.2) is 14.8 Å². The molecule has 126 valence electrons. The molecule has 1 aromatic heterocycles. The van der Waals surface area contributed by atoms with Gasteiger partial charge in [-0.3, -0.25) is 4.90 Å². The van der Waals surface area contributed by atoms with Crippen molar-refractivity contribution in [2.75, 3.05) is 6.26 Å². The molecule has 3 rings (SSSR count). The number of cyclic esters (lactones) is 1. The normalized spacial score (nSPS) is 20.3. The van der Waals surface area contributed by atoms with Gasteiger partial charge in [-0.2, -0.15) is 0 Å². The van der Waals surface area contributed by atoms with Crippen LogP contribution in [0.25, 0.3) is 0 Å². The van der Waals surface area contributed by atoms with Crippen molar-refractivity contribution in [2.24, 2.45) is 0 Å². The molecular weight excluding hydrogens is 390 g/mol. The smallest absolute Gasteiger partial charge is 0.411 e. The highest BCUT2D eigenvalue weighted by molar-refractivity contribution is 9.10. The van der Waals surface area contributed by atoms with Crippen LogP contribution in [-0.4, -0.2) is 33.3 Å². The Morgan fingerprint density at radius 3 is 2.92 bits per heavy atom. The molecule has 0 spiro atoms. The van der Waals surface area contributed by atoms with Crippen molar-refractivity contribution >= 4 is 33.8 Å². The number of aryl methyl sites for hydroxylation is 1. The maximum absolute atomic E-state index is 12.4. The number of benzene rings is 1. The number of hydrogen-bond donors (Lipinski definition) is 0. The Bertz CT molecular complexity index is 771. The lowest BCUT2D eigenvalue weighted by Gasteiger charge is -2.21. The summed E-state index contributed by atoms with van der Waals surface area (Å²) in [5.41, 5.74) is 2.95. The second-order valence-electron chi connectivity index (χ2n) is 5.74. The van der Waals surface area contributed by atoms with Crippen LogP contribution in [0.1, 0.15) is 29.8 Å². The Labute approximate surface area is 154 Å². The summed E-state index contributed by atoms with van der Waals surface area (Å²) in [5.74, 6) is 0. The predicted molar refractivity (Wildman–Crippen MR) is 96.9 cm³/mol. The van der Waals surface area contributed by atoms with Gasteiger partial charge in [0.15, 0.2) is 5.16 Å². The van der Waals surface area contributed by atoms with Gasteiger partial charge in [-0.15, -0.1) is 0 Å². The summed E-state index contributed by atoms with van der Waals surface area (Å²) in [7, 11) is 0. The maximum atomic E-state index is 12.4. The van der Waals surface area contributed by atoms with E-state index in [1.54, 1.807) is 11.1 Å². The molecule has 1 aliphatic heterocycles. The second kappa shape index (κ2) is 7.11. The van der Waals surface area contributed by atoms with Gasteiger partial charge in [0.25, 0.3) is 0 Å². The molecule has 0 radical (unpaired) electrons. The number of ether oxygens (including phenoxy) is 1. The molecular formula is C17H18BrN3O2S. The van der Waals surface area contributed by atoms with E-state index in [-0.39, 0.29) is 18.2 Å². The van der Waals surface area contributed by atoms with Crippen LogP contribution in [0, 0.1) is 6.92 Å². The van der Waals surface area contributed by atoms with Gasteiger partial charge < -0.3 is 4.74 Å². The molecule has 7 heteroatoms. The zero-order chi connectivity index (χ0) is 17.3. The van der Waals surface area contributed by atoms with E-state index in [9.17, 15) is 4.79 Å². The molecule has 1 amide bonds. The fourth-order valence-electron chi connectivity index (χ4n) is 2.76. The number of nitrogens with zero attached hydrogens (tertiary/aromatic N) is 3. The summed E-state index contributed by atoms with van der Waals surface area (Å²) in [6.45, 7) is 4.42. The predicted octanol–water partition coefficient (Wildman–Crippen LogP) is 4.35. The first-order valence-electron chi connectivity index (χ1n) is 7.59. The van der Waals surface area contributed by atoms with Crippen molar-refractivity contribution in [1.29, 1.82) is 0 Å². The highest BCUT2D eigenvalue weighted by Gasteiger charge is 2.40. The van der Waals surface area contributed by atoms with E-state index in [1.807, 2.05) is 38.3 Å². The van der Waals surface area contributed by atoms with Crippen molar-refractivity contribution in [2.45, 2.75) is 37.7 Å². The maximum Gasteiger partial charge on any atom is 0.411 e. The highest BCUT2D eigenvalue weighted by atomic mass is 79.9. The van der Waals surface area contributed by atoms with Crippen LogP contribution >= 0.6 is 27.7 Å². The lowest BCUT2D eigenvalue weighted by molar-refractivity contribution is 0.130. The molecule has 1 fully saturated rings. The van der Waals surface area contributed by atoms with Crippen molar-refractivity contribution in [1.82, 2.24) is 14.9 Å². The molecule has 0 aliphatic carbocycles. The Morgan fingerprint density at radius 1 is 1.42 bits per heavy atom. The van der Waals surface area contributed by atoms with Gasteiger partial charge in [0.2, 0.25) is 0 Å². The largest absolute Gasteiger partial charge is 0.439 e. The van der Waals surface area contributed by atoms with E-state index in [1.165, 1.54) is 11.8 Å². The third-order valence-electron chi connectivity index (χ3n) is 4.06. The number of hydrogen-bond acceptors (Lipinski definition) is 5. The number of rotatable bonds is 4. The number of halogens is 1. The first kappa shape index (κ1) is 17.2. The fourth-order valence-corrected chi connectivity index (χ4v) is 3.44. The molecule has 0 N–H and O–H groups in total. The van der Waals surface area contributed by atoms with Crippen LogP contribution in [0.15, 0.2) is 40.1 Å². The summed E-state index contributed by atoms with van der Waals surface area (Å²) in [6.07, 6.45) is 3.06. The molecule has 0 unspecified atom stereocenters. The van der Waals surface area contributed by atoms with Gasteiger partial charge >= 0.3 is 6.09 Å². The molecule has 1 saturated heterocycles. The van der Waals surface area contributed by atoms with E-state index in [2.05, 4.69) is 32.0 Å². The van der Waals surface area contributed by atoms with E-state index >= 15 is 0 Å². The van der Waals surface area contributed by atoms with Crippen LogP contribution in [-0.2, 0) is 11.3 Å². The van der Waals surface area contributed by atoms with Crippen molar-refractivity contribution in [3.8, 4) is 0 Å². The lowest BCUT2D eigenvalue weighted by Crippen LogP contribution is -2.32. The number of carbonyl (C=O) groups is 1. The first-order chi connectivity index (χ1) is 11.5. The molecule has 0 saturated carbocycles. The standard InChI is InChI=1S/C17H18BrN3O2S/c1-10-5-4-6-12(7-10)15-11(2)21(17(22)23-15)9-14-13(18)8-19-16(20-14)24-3/h4-8,11,15H,9H2,1-3H3/t11-,15-/m0/s1. The molecule has 2 atom stereocenters. The number of carbonyl (C=O) groups excluding carboxylic acids is 1. The van der Waals surface area contributed by atoms with E-state index in [0.717, 1.165) is 21.3 Å². The Balaban J connectivity index is 1.83. The highest BCUT2D eigenvalue weighted by Crippen LogP contribution is 2.34. The monoisotopic (exact) mass is 407 g/mol. The van der Waals surface area contributed by atoms with Crippen molar-refractivity contribution in [3.05, 3.63) is 51.8 Å². The summed E-state index contributed by atoms with van der Waals surface area (Å²) in [4.78, 5) is 22.8. The van der Waals surface area contributed by atoms with Crippen LogP contribution in [0.3, 0.4) is 0 Å². The Hall–Kier alpha value is -1.60. The van der Waals surface area contributed by atoms with E-state index < -0.39 is 0 Å². The number of thioether (sulfide) groups is 1. The average Bonchev–Trinajstić information content (AvgIpc) is 2.85. The zero-order valence-electron chi connectivity index (χ0n) is 13.7. The minimum atomic E-state index is -0.315. The molecule has 1 aliphatic rings. The van der Waals surface area contributed by atoms with E-state index in [4.69, 9.17) is 4.74 Å². The molecule has 2 aromatic rings. The van der Waals surface area contributed by atoms with Crippen LogP contribution < -0.4 is 0 Å².